The molecule has 0 aliphatic heterocycles. The van der Waals surface area contributed by atoms with E-state index in [1.807, 2.05) is 24.3 Å². The summed E-state index contributed by atoms with van der Waals surface area (Å²) in [5.41, 5.74) is 1.80. The smallest absolute Gasteiger partial charge is 0.233 e. The summed E-state index contributed by atoms with van der Waals surface area (Å²) in [6.07, 6.45) is 4.78. The second kappa shape index (κ2) is 8.55. The standard InChI is InChI=1S/C16H21BrN4O2S/c1-10(22)11(2)23-15-14(17)9-18-16(20-15)19-12-5-7-13(8-6-12)21-24(3)4/h5-11,22H,1-4H3,(H,18,19,20)/t10-,11-/m1/s1. The molecule has 2 rings (SSSR count). The minimum absolute atomic E-state index is 0.0111. The molecular formula is C16H21BrN4O2S. The summed E-state index contributed by atoms with van der Waals surface area (Å²) in [4.78, 5) is 8.56. The van der Waals surface area contributed by atoms with Crippen LogP contribution in [0, 0.1) is 0 Å². The maximum atomic E-state index is 9.56. The number of nitrogens with zero attached hydrogens (tertiary/aromatic N) is 3. The number of hydrogen-bond donors (Lipinski definition) is 2. The number of aliphatic hydroxyl groups is 1. The highest BCUT2D eigenvalue weighted by atomic mass is 79.9. The molecule has 1 heterocycles. The molecule has 0 amide bonds. The van der Waals surface area contributed by atoms with Gasteiger partial charge in [-0.1, -0.05) is 0 Å². The van der Waals surface area contributed by atoms with Gasteiger partial charge in [0.15, 0.2) is 0 Å². The molecule has 0 bridgehead atoms. The highest BCUT2D eigenvalue weighted by Crippen LogP contribution is 2.26. The Hall–Kier alpha value is -1.51. The normalized spacial score (nSPS) is 13.5. The fourth-order valence-electron chi connectivity index (χ4n) is 1.71. The van der Waals surface area contributed by atoms with Gasteiger partial charge in [0.2, 0.25) is 11.8 Å². The summed E-state index contributed by atoms with van der Waals surface area (Å²) in [5.74, 6) is 0.801. The Morgan fingerprint density at radius 3 is 2.50 bits per heavy atom. The van der Waals surface area contributed by atoms with Gasteiger partial charge in [-0.15, -0.1) is 10.7 Å². The lowest BCUT2D eigenvalue weighted by Crippen LogP contribution is -2.26. The number of benzene rings is 1. The third-order valence-corrected chi connectivity index (χ3v) is 4.22. The number of hydrogen-bond acceptors (Lipinski definition) is 6. The summed E-state index contributed by atoms with van der Waals surface area (Å²) in [7, 11) is 0.0111. The van der Waals surface area contributed by atoms with Gasteiger partial charge in [0.1, 0.15) is 6.10 Å². The van der Waals surface area contributed by atoms with E-state index in [1.54, 1.807) is 20.0 Å². The van der Waals surface area contributed by atoms with E-state index < -0.39 is 6.10 Å². The molecule has 1 aromatic heterocycles. The van der Waals surface area contributed by atoms with Crippen LogP contribution >= 0.6 is 15.9 Å². The first-order valence-corrected chi connectivity index (χ1v) is 10.2. The van der Waals surface area contributed by atoms with Crippen molar-refractivity contribution in [1.82, 2.24) is 9.97 Å². The molecule has 0 radical (unpaired) electrons. The van der Waals surface area contributed by atoms with Gasteiger partial charge in [-0.25, -0.2) is 9.35 Å². The number of nitrogens with one attached hydrogen (secondary N) is 1. The van der Waals surface area contributed by atoms with Gasteiger partial charge in [0, 0.05) is 5.69 Å². The maximum Gasteiger partial charge on any atom is 0.233 e. The molecule has 8 heteroatoms. The first kappa shape index (κ1) is 18.8. The van der Waals surface area contributed by atoms with Gasteiger partial charge in [-0.2, -0.15) is 4.98 Å². The lowest BCUT2D eigenvalue weighted by molar-refractivity contribution is 0.0569. The van der Waals surface area contributed by atoms with E-state index in [-0.39, 0.29) is 16.8 Å². The van der Waals surface area contributed by atoms with Gasteiger partial charge in [0.05, 0.1) is 22.5 Å². The lowest BCUT2D eigenvalue weighted by atomic mass is 10.3. The van der Waals surface area contributed by atoms with Gasteiger partial charge in [-0.3, -0.25) is 0 Å². The van der Waals surface area contributed by atoms with Crippen molar-refractivity contribution in [2.45, 2.75) is 26.1 Å². The van der Waals surface area contributed by atoms with Crippen LogP contribution in [0.3, 0.4) is 0 Å². The van der Waals surface area contributed by atoms with Crippen LogP contribution < -0.4 is 10.1 Å². The second-order valence-electron chi connectivity index (χ2n) is 5.45. The number of anilines is 2. The van der Waals surface area contributed by atoms with Crippen LogP contribution in [0.1, 0.15) is 13.8 Å². The van der Waals surface area contributed by atoms with Crippen LogP contribution in [0.2, 0.25) is 0 Å². The summed E-state index contributed by atoms with van der Waals surface area (Å²) in [6, 6.07) is 7.74. The zero-order chi connectivity index (χ0) is 17.7. The Bertz CT molecular complexity index is 719. The minimum atomic E-state index is -0.596. The molecule has 2 atom stereocenters. The highest BCUT2D eigenvalue weighted by Gasteiger charge is 2.14. The van der Waals surface area contributed by atoms with E-state index in [9.17, 15) is 5.11 Å². The van der Waals surface area contributed by atoms with Crippen molar-refractivity contribution >= 4 is 43.9 Å². The van der Waals surface area contributed by atoms with Crippen LogP contribution in [-0.2, 0) is 10.7 Å². The molecule has 0 saturated heterocycles. The molecule has 0 aliphatic carbocycles. The fraction of sp³-hybridized carbons (Fsp3) is 0.375. The van der Waals surface area contributed by atoms with Crippen molar-refractivity contribution in [1.29, 1.82) is 0 Å². The van der Waals surface area contributed by atoms with Crippen molar-refractivity contribution in [2.75, 3.05) is 17.8 Å². The van der Waals surface area contributed by atoms with Crippen molar-refractivity contribution in [2.24, 2.45) is 4.36 Å². The van der Waals surface area contributed by atoms with Gasteiger partial charge in [0.25, 0.3) is 0 Å². The van der Waals surface area contributed by atoms with Gasteiger partial charge < -0.3 is 15.2 Å². The Kier molecular flexibility index (Phi) is 6.70. The van der Waals surface area contributed by atoms with Crippen molar-refractivity contribution in [3.63, 3.8) is 0 Å². The number of rotatable bonds is 6. The molecule has 0 spiro atoms. The first-order valence-electron chi connectivity index (χ1n) is 7.39. The van der Waals surface area contributed by atoms with E-state index in [0.717, 1.165) is 11.4 Å². The van der Waals surface area contributed by atoms with Gasteiger partial charge in [-0.05, 0) is 66.6 Å². The first-order chi connectivity index (χ1) is 11.3. The molecule has 2 N–H and O–H groups in total. The zero-order valence-corrected chi connectivity index (χ0v) is 16.4. The number of ether oxygens (including phenoxy) is 1. The Labute approximate surface area is 152 Å². The topological polar surface area (TPSA) is 79.6 Å². The van der Waals surface area contributed by atoms with E-state index in [4.69, 9.17) is 4.74 Å². The average Bonchev–Trinajstić information content (AvgIpc) is 2.52. The number of aliphatic hydroxyl groups excluding tert-OH is 1. The maximum absolute atomic E-state index is 9.56. The van der Waals surface area contributed by atoms with Crippen LogP contribution in [0.4, 0.5) is 17.3 Å². The second-order valence-corrected chi connectivity index (χ2v) is 8.03. The van der Waals surface area contributed by atoms with Crippen LogP contribution in [0.25, 0.3) is 0 Å². The summed E-state index contributed by atoms with van der Waals surface area (Å²) in [6.45, 7) is 3.45. The Balaban J connectivity index is 2.14. The predicted molar refractivity (Wildman–Crippen MR) is 103 cm³/mol. The predicted octanol–water partition coefficient (Wildman–Crippen LogP) is 3.82. The minimum Gasteiger partial charge on any atom is -0.471 e. The molecule has 6 nitrogen and oxygen atoms in total. The number of aromatic nitrogens is 2. The SMILES string of the molecule is C[C@@H](O)[C@@H](C)Oc1nc(Nc2ccc(N=S(C)C)cc2)ncc1Br. The van der Waals surface area contributed by atoms with Crippen LogP contribution in [0.5, 0.6) is 5.88 Å². The van der Waals surface area contributed by atoms with Crippen LogP contribution in [-0.4, -0.2) is 39.8 Å². The van der Waals surface area contributed by atoms with Crippen molar-refractivity contribution < 1.29 is 9.84 Å². The number of halogens is 1. The summed E-state index contributed by atoms with van der Waals surface area (Å²) >= 11 is 3.35. The average molecular weight is 413 g/mol. The molecular weight excluding hydrogens is 392 g/mol. The molecule has 1 aromatic carbocycles. The quantitative estimate of drug-likeness (QED) is 0.753. The molecule has 2 aromatic rings. The largest absolute Gasteiger partial charge is 0.471 e. The Morgan fingerprint density at radius 1 is 1.25 bits per heavy atom. The zero-order valence-electron chi connectivity index (χ0n) is 14.0. The molecule has 130 valence electrons. The van der Waals surface area contributed by atoms with Crippen LogP contribution in [0.15, 0.2) is 39.3 Å². The summed E-state index contributed by atoms with van der Waals surface area (Å²) < 4.78 is 10.8. The Morgan fingerprint density at radius 2 is 1.92 bits per heavy atom. The van der Waals surface area contributed by atoms with Crippen molar-refractivity contribution in [3.05, 3.63) is 34.9 Å². The fourth-order valence-corrected chi connectivity index (χ4v) is 2.54. The molecule has 0 saturated carbocycles. The van der Waals surface area contributed by atoms with E-state index in [1.165, 1.54) is 0 Å². The molecule has 0 aliphatic rings. The third-order valence-electron chi connectivity index (χ3n) is 3.10. The summed E-state index contributed by atoms with van der Waals surface area (Å²) in [5, 5.41) is 12.7. The van der Waals surface area contributed by atoms with Crippen molar-refractivity contribution in [3.8, 4) is 5.88 Å². The van der Waals surface area contributed by atoms with E-state index in [0.29, 0.717) is 16.3 Å². The lowest BCUT2D eigenvalue weighted by Gasteiger charge is -2.17. The molecule has 0 fully saturated rings. The molecule has 0 unspecified atom stereocenters. The third kappa shape index (κ3) is 5.54. The molecule has 24 heavy (non-hydrogen) atoms. The van der Waals surface area contributed by atoms with E-state index in [2.05, 4.69) is 48.1 Å². The highest BCUT2D eigenvalue weighted by molar-refractivity contribution is 9.10. The monoisotopic (exact) mass is 412 g/mol. The van der Waals surface area contributed by atoms with E-state index >= 15 is 0 Å². The van der Waals surface area contributed by atoms with Gasteiger partial charge >= 0.3 is 0 Å².